The van der Waals surface area contributed by atoms with E-state index in [2.05, 4.69) is 31.2 Å². The molecule has 0 saturated carbocycles. The lowest BCUT2D eigenvalue weighted by atomic mass is 10.1. The van der Waals surface area contributed by atoms with E-state index in [9.17, 15) is 0 Å². The fraction of sp³-hybridized carbons (Fsp3) is 0.455. The molecule has 2 N–H and O–H groups in total. The molecule has 0 bridgehead atoms. The summed E-state index contributed by atoms with van der Waals surface area (Å²) in [6, 6.07) is 8.30. The van der Waals surface area contributed by atoms with Crippen LogP contribution in [0.1, 0.15) is 24.2 Å². The molecule has 0 saturated heterocycles. The Balaban J connectivity index is 2.73. The molecule has 0 aliphatic carbocycles. The Morgan fingerprint density at radius 2 is 1.92 bits per heavy atom. The van der Waals surface area contributed by atoms with Crippen LogP contribution in [-0.2, 0) is 4.74 Å². The van der Waals surface area contributed by atoms with Crippen molar-refractivity contribution in [1.82, 2.24) is 0 Å². The first-order valence-electron chi connectivity index (χ1n) is 4.66. The van der Waals surface area contributed by atoms with Gasteiger partial charge in [0, 0.05) is 13.2 Å². The molecule has 0 aliphatic heterocycles. The summed E-state index contributed by atoms with van der Waals surface area (Å²) in [4.78, 5) is 0. The van der Waals surface area contributed by atoms with Crippen molar-refractivity contribution in [1.29, 1.82) is 0 Å². The number of hydrogen-bond donors (Lipinski definition) is 1. The second kappa shape index (κ2) is 5.00. The zero-order valence-electron chi connectivity index (χ0n) is 8.29. The molecule has 0 fully saturated rings. The quantitative estimate of drug-likeness (QED) is 0.767. The molecule has 1 aromatic rings. The fourth-order valence-electron chi connectivity index (χ4n) is 1.28. The van der Waals surface area contributed by atoms with Crippen LogP contribution in [0.3, 0.4) is 0 Å². The van der Waals surface area contributed by atoms with Gasteiger partial charge in [-0.25, -0.2) is 0 Å². The lowest BCUT2D eigenvalue weighted by molar-refractivity contribution is 0.0688. The number of nitrogens with two attached hydrogens (primary N) is 1. The monoisotopic (exact) mass is 179 g/mol. The predicted octanol–water partition coefficient (Wildman–Crippen LogP) is 2.03. The minimum atomic E-state index is 0.0469. The molecule has 0 amide bonds. The zero-order valence-corrected chi connectivity index (χ0v) is 8.29. The van der Waals surface area contributed by atoms with Crippen molar-refractivity contribution in [2.24, 2.45) is 5.73 Å². The summed E-state index contributed by atoms with van der Waals surface area (Å²) in [5.41, 5.74) is 8.03. The fourth-order valence-corrected chi connectivity index (χ4v) is 1.28. The number of benzene rings is 1. The molecule has 1 rings (SSSR count). The van der Waals surface area contributed by atoms with Gasteiger partial charge in [0.05, 0.1) is 6.10 Å². The Morgan fingerprint density at radius 1 is 1.31 bits per heavy atom. The Hall–Kier alpha value is -0.860. The highest BCUT2D eigenvalue weighted by Gasteiger charge is 2.07. The van der Waals surface area contributed by atoms with E-state index in [0.717, 1.165) is 5.56 Å². The average Bonchev–Trinajstić information content (AvgIpc) is 2.16. The van der Waals surface area contributed by atoms with E-state index in [1.165, 1.54) is 5.56 Å². The number of hydrogen-bond acceptors (Lipinski definition) is 2. The summed E-state index contributed by atoms with van der Waals surface area (Å²) in [6.45, 7) is 5.30. The first-order chi connectivity index (χ1) is 6.27. The third-order valence-electron chi connectivity index (χ3n) is 2.03. The second-order valence-electron chi connectivity index (χ2n) is 3.09. The maximum absolute atomic E-state index is 5.60. The third-order valence-corrected chi connectivity index (χ3v) is 2.03. The minimum Gasteiger partial charge on any atom is -0.372 e. The van der Waals surface area contributed by atoms with E-state index in [4.69, 9.17) is 10.5 Å². The van der Waals surface area contributed by atoms with Crippen molar-refractivity contribution in [3.8, 4) is 0 Å². The molecule has 13 heavy (non-hydrogen) atoms. The Kier molecular flexibility index (Phi) is 3.93. The van der Waals surface area contributed by atoms with E-state index < -0.39 is 0 Å². The summed E-state index contributed by atoms with van der Waals surface area (Å²) in [6.07, 6.45) is 0.0469. The highest BCUT2D eigenvalue weighted by Crippen LogP contribution is 2.16. The van der Waals surface area contributed by atoms with E-state index >= 15 is 0 Å². The molecule has 0 aliphatic rings. The van der Waals surface area contributed by atoms with Crippen LogP contribution in [-0.4, -0.2) is 13.2 Å². The molecule has 0 heterocycles. The van der Waals surface area contributed by atoms with Gasteiger partial charge in [-0.15, -0.1) is 0 Å². The van der Waals surface area contributed by atoms with Crippen molar-refractivity contribution in [3.63, 3.8) is 0 Å². The van der Waals surface area contributed by atoms with Crippen LogP contribution in [0.25, 0.3) is 0 Å². The topological polar surface area (TPSA) is 35.2 Å². The van der Waals surface area contributed by atoms with Gasteiger partial charge in [-0.05, 0) is 19.4 Å². The highest BCUT2D eigenvalue weighted by molar-refractivity contribution is 5.23. The summed E-state index contributed by atoms with van der Waals surface area (Å²) < 4.78 is 5.49. The summed E-state index contributed by atoms with van der Waals surface area (Å²) in [7, 11) is 0. The van der Waals surface area contributed by atoms with E-state index in [-0.39, 0.29) is 6.10 Å². The second-order valence-corrected chi connectivity index (χ2v) is 3.09. The van der Waals surface area contributed by atoms with Crippen LogP contribution < -0.4 is 5.73 Å². The van der Waals surface area contributed by atoms with Crippen LogP contribution >= 0.6 is 0 Å². The van der Waals surface area contributed by atoms with Gasteiger partial charge in [-0.2, -0.15) is 0 Å². The number of ether oxygens (including phenoxy) is 1. The maximum Gasteiger partial charge on any atom is 0.0946 e. The third kappa shape index (κ3) is 2.83. The molecule has 0 spiro atoms. The SMILES string of the molecule is CCO[C@@H](CN)c1ccc(C)cc1. The van der Waals surface area contributed by atoms with Gasteiger partial charge in [0.15, 0.2) is 0 Å². The average molecular weight is 179 g/mol. The van der Waals surface area contributed by atoms with Gasteiger partial charge in [0.1, 0.15) is 0 Å². The molecule has 0 unspecified atom stereocenters. The van der Waals surface area contributed by atoms with E-state index in [1.807, 2.05) is 6.92 Å². The van der Waals surface area contributed by atoms with Crippen LogP contribution in [0, 0.1) is 6.92 Å². The van der Waals surface area contributed by atoms with Crippen molar-refractivity contribution in [2.75, 3.05) is 13.2 Å². The predicted molar refractivity (Wildman–Crippen MR) is 54.6 cm³/mol. The Labute approximate surface area is 79.7 Å². The molecule has 2 nitrogen and oxygen atoms in total. The summed E-state index contributed by atoms with van der Waals surface area (Å²) in [5.74, 6) is 0. The smallest absolute Gasteiger partial charge is 0.0946 e. The Morgan fingerprint density at radius 3 is 2.38 bits per heavy atom. The van der Waals surface area contributed by atoms with E-state index in [1.54, 1.807) is 0 Å². The lowest BCUT2D eigenvalue weighted by Gasteiger charge is -2.15. The molecular formula is C11H17NO. The first kappa shape index (κ1) is 10.2. The molecule has 0 radical (unpaired) electrons. The van der Waals surface area contributed by atoms with Crippen molar-refractivity contribution >= 4 is 0 Å². The standard InChI is InChI=1S/C11H17NO/c1-3-13-11(8-12)10-6-4-9(2)5-7-10/h4-7,11H,3,8,12H2,1-2H3/t11-/m0/s1. The molecule has 72 valence electrons. The molecular weight excluding hydrogens is 162 g/mol. The lowest BCUT2D eigenvalue weighted by Crippen LogP contribution is -2.15. The Bertz CT molecular complexity index is 243. The molecule has 2 heteroatoms. The largest absolute Gasteiger partial charge is 0.372 e. The van der Waals surface area contributed by atoms with Crippen LogP contribution in [0.2, 0.25) is 0 Å². The zero-order chi connectivity index (χ0) is 9.68. The van der Waals surface area contributed by atoms with Crippen molar-refractivity contribution in [3.05, 3.63) is 35.4 Å². The molecule has 1 atom stereocenters. The van der Waals surface area contributed by atoms with Crippen molar-refractivity contribution in [2.45, 2.75) is 20.0 Å². The van der Waals surface area contributed by atoms with Crippen molar-refractivity contribution < 1.29 is 4.74 Å². The number of rotatable bonds is 4. The van der Waals surface area contributed by atoms with Crippen LogP contribution in [0.5, 0.6) is 0 Å². The summed E-state index contributed by atoms with van der Waals surface area (Å²) in [5, 5.41) is 0. The maximum atomic E-state index is 5.60. The van der Waals surface area contributed by atoms with Crippen LogP contribution in [0.4, 0.5) is 0 Å². The molecule has 1 aromatic carbocycles. The number of aryl methyl sites for hydroxylation is 1. The normalized spacial score (nSPS) is 12.8. The van der Waals surface area contributed by atoms with Gasteiger partial charge in [-0.3, -0.25) is 0 Å². The van der Waals surface area contributed by atoms with Gasteiger partial charge >= 0.3 is 0 Å². The minimum absolute atomic E-state index is 0.0469. The summed E-state index contributed by atoms with van der Waals surface area (Å²) >= 11 is 0. The highest BCUT2D eigenvalue weighted by atomic mass is 16.5. The van der Waals surface area contributed by atoms with Gasteiger partial charge < -0.3 is 10.5 Å². The van der Waals surface area contributed by atoms with Crippen LogP contribution in [0.15, 0.2) is 24.3 Å². The first-order valence-corrected chi connectivity index (χ1v) is 4.66. The van der Waals surface area contributed by atoms with Gasteiger partial charge in [-0.1, -0.05) is 29.8 Å². The van der Waals surface area contributed by atoms with E-state index in [0.29, 0.717) is 13.2 Å². The van der Waals surface area contributed by atoms with Gasteiger partial charge in [0.2, 0.25) is 0 Å². The molecule has 0 aromatic heterocycles. The van der Waals surface area contributed by atoms with Gasteiger partial charge in [0.25, 0.3) is 0 Å².